The van der Waals surface area contributed by atoms with E-state index in [-0.39, 0.29) is 17.5 Å². The first-order chi connectivity index (χ1) is 10.3. The summed E-state index contributed by atoms with van der Waals surface area (Å²) in [4.78, 5) is 12.0. The number of nitrogens with zero attached hydrogens (tertiary/aromatic N) is 4. The fraction of sp³-hybridized carbons (Fsp3) is 0.467. The molecule has 0 fully saturated rings. The Morgan fingerprint density at radius 2 is 2.00 bits per heavy atom. The van der Waals surface area contributed by atoms with Crippen LogP contribution < -0.4 is 10.6 Å². The van der Waals surface area contributed by atoms with Crippen molar-refractivity contribution in [2.75, 3.05) is 5.32 Å². The van der Waals surface area contributed by atoms with E-state index in [2.05, 4.69) is 46.7 Å². The van der Waals surface area contributed by atoms with Crippen molar-refractivity contribution in [3.8, 4) is 0 Å². The first-order valence-corrected chi connectivity index (χ1v) is 7.16. The van der Waals surface area contributed by atoms with Gasteiger partial charge in [-0.1, -0.05) is 20.8 Å². The smallest absolute Gasteiger partial charge is 0.320 e. The van der Waals surface area contributed by atoms with Crippen LogP contribution in [0.25, 0.3) is 0 Å². The van der Waals surface area contributed by atoms with Gasteiger partial charge in [-0.3, -0.25) is 10.00 Å². The van der Waals surface area contributed by atoms with Gasteiger partial charge in [0.1, 0.15) is 0 Å². The van der Waals surface area contributed by atoms with E-state index in [9.17, 15) is 4.79 Å². The lowest BCUT2D eigenvalue weighted by atomic mass is 9.92. The topological polar surface area (TPSA) is 84.7 Å². The van der Waals surface area contributed by atoms with Gasteiger partial charge in [-0.2, -0.15) is 10.2 Å². The van der Waals surface area contributed by atoms with Crippen molar-refractivity contribution in [3.05, 3.63) is 35.8 Å². The number of hydrogen-bond acceptors (Lipinski definition) is 4. The fourth-order valence-electron chi connectivity index (χ4n) is 1.90. The first kappa shape index (κ1) is 15.9. The molecule has 2 aromatic rings. The van der Waals surface area contributed by atoms with E-state index < -0.39 is 0 Å². The summed E-state index contributed by atoms with van der Waals surface area (Å²) < 4.78 is 1.70. The second-order valence-corrected chi connectivity index (χ2v) is 6.32. The van der Waals surface area contributed by atoms with Crippen molar-refractivity contribution >= 4 is 11.8 Å². The molecule has 7 heteroatoms. The van der Waals surface area contributed by atoms with Crippen LogP contribution in [-0.2, 0) is 12.5 Å². The minimum Gasteiger partial charge on any atom is -0.331 e. The van der Waals surface area contributed by atoms with E-state index in [0.29, 0.717) is 5.82 Å². The third-order valence-corrected chi connectivity index (χ3v) is 3.25. The van der Waals surface area contributed by atoms with Crippen molar-refractivity contribution in [1.82, 2.24) is 25.3 Å². The van der Waals surface area contributed by atoms with Crippen molar-refractivity contribution in [3.63, 3.8) is 0 Å². The van der Waals surface area contributed by atoms with E-state index >= 15 is 0 Å². The lowest BCUT2D eigenvalue weighted by Gasteiger charge is -2.17. The van der Waals surface area contributed by atoms with Gasteiger partial charge in [0.15, 0.2) is 5.82 Å². The molecule has 0 saturated carbocycles. The number of hydrogen-bond donors (Lipinski definition) is 2. The van der Waals surface area contributed by atoms with E-state index in [4.69, 9.17) is 0 Å². The highest BCUT2D eigenvalue weighted by atomic mass is 16.2. The lowest BCUT2D eigenvalue weighted by molar-refractivity contribution is 0.249. The molecule has 22 heavy (non-hydrogen) atoms. The number of carbonyl (C=O) groups excluding carboxylic acids is 1. The van der Waals surface area contributed by atoms with Gasteiger partial charge >= 0.3 is 6.03 Å². The van der Waals surface area contributed by atoms with Gasteiger partial charge in [0.05, 0.1) is 17.9 Å². The SMILES string of the molecule is CC(NC(=O)Nc1ccc(C(C)(C)C)nn1)c1cnn(C)c1. The van der Waals surface area contributed by atoms with Crippen molar-refractivity contribution in [2.45, 2.75) is 39.2 Å². The van der Waals surface area contributed by atoms with Gasteiger partial charge in [0.25, 0.3) is 0 Å². The van der Waals surface area contributed by atoms with Crippen LogP contribution in [0.1, 0.15) is 45.0 Å². The molecule has 0 aliphatic carbocycles. The van der Waals surface area contributed by atoms with Gasteiger partial charge in [-0.15, -0.1) is 5.10 Å². The second-order valence-electron chi connectivity index (χ2n) is 6.32. The average molecular weight is 302 g/mol. The highest BCUT2D eigenvalue weighted by Crippen LogP contribution is 2.19. The Kier molecular flexibility index (Phi) is 4.44. The molecule has 2 amide bonds. The normalized spacial score (nSPS) is 12.8. The summed E-state index contributed by atoms with van der Waals surface area (Å²) in [6, 6.07) is 3.15. The van der Waals surface area contributed by atoms with Crippen LogP contribution in [0.5, 0.6) is 0 Å². The zero-order valence-electron chi connectivity index (χ0n) is 13.6. The summed E-state index contributed by atoms with van der Waals surface area (Å²) in [6.45, 7) is 8.08. The third-order valence-electron chi connectivity index (χ3n) is 3.25. The largest absolute Gasteiger partial charge is 0.331 e. The number of nitrogens with one attached hydrogen (secondary N) is 2. The molecule has 1 unspecified atom stereocenters. The Morgan fingerprint density at radius 3 is 2.50 bits per heavy atom. The predicted molar refractivity (Wildman–Crippen MR) is 84.5 cm³/mol. The van der Waals surface area contributed by atoms with Crippen molar-refractivity contribution in [2.24, 2.45) is 7.05 Å². The highest BCUT2D eigenvalue weighted by molar-refractivity contribution is 5.88. The zero-order valence-corrected chi connectivity index (χ0v) is 13.6. The summed E-state index contributed by atoms with van der Waals surface area (Å²) in [5.74, 6) is 0.420. The van der Waals surface area contributed by atoms with Gasteiger partial charge in [0.2, 0.25) is 0 Å². The van der Waals surface area contributed by atoms with E-state index in [1.807, 2.05) is 26.2 Å². The molecular formula is C15H22N6O. The lowest BCUT2D eigenvalue weighted by Crippen LogP contribution is -2.31. The summed E-state index contributed by atoms with van der Waals surface area (Å²) in [6.07, 6.45) is 3.59. The maximum atomic E-state index is 12.0. The molecule has 0 aromatic carbocycles. The minimum absolute atomic E-state index is 0.0669. The minimum atomic E-state index is -0.325. The molecule has 1 atom stereocenters. The molecule has 2 N–H and O–H groups in total. The van der Waals surface area contributed by atoms with Crippen LogP contribution in [0.3, 0.4) is 0 Å². The first-order valence-electron chi connectivity index (χ1n) is 7.16. The van der Waals surface area contributed by atoms with E-state index in [0.717, 1.165) is 11.3 Å². The van der Waals surface area contributed by atoms with Crippen LogP contribution in [0.4, 0.5) is 10.6 Å². The Morgan fingerprint density at radius 1 is 1.27 bits per heavy atom. The Balaban J connectivity index is 1.94. The molecule has 0 spiro atoms. The van der Waals surface area contributed by atoms with Crippen LogP contribution in [0.2, 0.25) is 0 Å². The third kappa shape index (κ3) is 4.03. The summed E-state index contributed by atoms with van der Waals surface area (Å²) in [5.41, 5.74) is 1.75. The summed E-state index contributed by atoms with van der Waals surface area (Å²) in [7, 11) is 1.84. The molecule has 118 valence electrons. The van der Waals surface area contributed by atoms with Crippen LogP contribution in [-0.4, -0.2) is 26.0 Å². The molecule has 2 aromatic heterocycles. The number of urea groups is 1. The predicted octanol–water partition coefficient (Wildman–Crippen LogP) is 2.39. The van der Waals surface area contributed by atoms with Gasteiger partial charge in [0, 0.05) is 24.2 Å². The summed E-state index contributed by atoms with van der Waals surface area (Å²) >= 11 is 0. The standard InChI is InChI=1S/C15H22N6O/c1-10(11-8-16-21(5)9-11)17-14(22)18-13-7-6-12(19-20-13)15(2,3)4/h6-10H,1-5H3,(H2,17,18,20,22). The highest BCUT2D eigenvalue weighted by Gasteiger charge is 2.16. The molecule has 7 nitrogen and oxygen atoms in total. The molecule has 0 bridgehead atoms. The maximum absolute atomic E-state index is 12.0. The second kappa shape index (κ2) is 6.13. The van der Waals surface area contributed by atoms with Gasteiger partial charge < -0.3 is 5.32 Å². The number of rotatable bonds is 3. The average Bonchev–Trinajstić information content (AvgIpc) is 2.85. The molecular weight excluding hydrogens is 280 g/mol. The zero-order chi connectivity index (χ0) is 16.3. The molecule has 0 aliphatic rings. The summed E-state index contributed by atoms with van der Waals surface area (Å²) in [5, 5.41) is 17.8. The van der Waals surface area contributed by atoms with Gasteiger partial charge in [-0.25, -0.2) is 4.79 Å². The molecule has 0 saturated heterocycles. The quantitative estimate of drug-likeness (QED) is 0.911. The number of amides is 2. The van der Waals surface area contributed by atoms with Crippen molar-refractivity contribution in [1.29, 1.82) is 0 Å². The van der Waals surface area contributed by atoms with Crippen LogP contribution >= 0.6 is 0 Å². The monoisotopic (exact) mass is 302 g/mol. The number of aromatic nitrogens is 4. The molecule has 2 heterocycles. The molecule has 0 radical (unpaired) electrons. The molecule has 0 aliphatic heterocycles. The van der Waals surface area contributed by atoms with E-state index in [1.165, 1.54) is 0 Å². The van der Waals surface area contributed by atoms with Crippen LogP contribution in [0, 0.1) is 0 Å². The Labute approximate surface area is 130 Å². The number of anilines is 1. The van der Waals surface area contributed by atoms with E-state index in [1.54, 1.807) is 16.9 Å². The number of carbonyl (C=O) groups is 1. The maximum Gasteiger partial charge on any atom is 0.320 e. The fourth-order valence-corrected chi connectivity index (χ4v) is 1.90. The van der Waals surface area contributed by atoms with Gasteiger partial charge in [-0.05, 0) is 19.1 Å². The van der Waals surface area contributed by atoms with Crippen molar-refractivity contribution < 1.29 is 4.79 Å². The Hall–Kier alpha value is -2.44. The Bertz CT molecular complexity index is 641. The molecule has 2 rings (SSSR count). The number of aryl methyl sites for hydroxylation is 1. The van der Waals surface area contributed by atoms with Crippen LogP contribution in [0.15, 0.2) is 24.5 Å².